The van der Waals surface area contributed by atoms with Gasteiger partial charge in [-0.05, 0) is 36.5 Å². The Morgan fingerprint density at radius 1 is 1.22 bits per heavy atom. The quantitative estimate of drug-likeness (QED) is 0.766. The van der Waals surface area contributed by atoms with E-state index in [0.717, 1.165) is 23.9 Å². The fourth-order valence-corrected chi connectivity index (χ4v) is 4.63. The molecule has 0 aliphatic carbocycles. The second kappa shape index (κ2) is 5.47. The normalized spacial score (nSPS) is 17.7. The average Bonchev–Trinajstić information content (AvgIpc) is 3.25. The highest BCUT2D eigenvalue weighted by atomic mass is 32.2. The Kier molecular flexibility index (Phi) is 3.42. The number of hydrogen-bond acceptors (Lipinski definition) is 4. The van der Waals surface area contributed by atoms with E-state index >= 15 is 0 Å². The van der Waals surface area contributed by atoms with Crippen molar-refractivity contribution >= 4 is 21.1 Å². The molecule has 0 saturated carbocycles. The molecule has 23 heavy (non-hydrogen) atoms. The van der Waals surface area contributed by atoms with Crippen LogP contribution in [0.2, 0.25) is 0 Å². The maximum absolute atomic E-state index is 12.5. The van der Waals surface area contributed by atoms with Gasteiger partial charge in [0.05, 0.1) is 6.20 Å². The summed E-state index contributed by atoms with van der Waals surface area (Å²) in [6.45, 7) is 1.04. The van der Waals surface area contributed by atoms with Crippen LogP contribution in [0, 0.1) is 0 Å². The molecule has 0 aromatic carbocycles. The van der Waals surface area contributed by atoms with Gasteiger partial charge in [-0.25, -0.2) is 13.4 Å². The maximum atomic E-state index is 12.5. The fourth-order valence-electron chi connectivity index (χ4n) is 3.25. The van der Waals surface area contributed by atoms with E-state index in [1.807, 2.05) is 12.3 Å². The Bertz CT molecular complexity index is 908. The van der Waals surface area contributed by atoms with E-state index in [4.69, 9.17) is 0 Å². The lowest BCUT2D eigenvalue weighted by molar-refractivity contribution is 0.320. The number of aromatic nitrogens is 4. The van der Waals surface area contributed by atoms with Crippen LogP contribution in [0.3, 0.4) is 0 Å². The van der Waals surface area contributed by atoms with Crippen molar-refractivity contribution in [3.05, 3.63) is 42.5 Å². The standard InChI is InChI=1S/C15H17N5O2S/c21-23(22,12-8-18-19-9-12)20-6-3-11(4-7-20)14-10-17-15-13(14)2-1-5-16-15/h1-2,5,8-11H,3-4,6-7H2,(H,16,17)(H,18,19). The molecule has 3 aromatic rings. The summed E-state index contributed by atoms with van der Waals surface area (Å²) in [5.74, 6) is 0.351. The van der Waals surface area contributed by atoms with Crippen molar-refractivity contribution < 1.29 is 8.42 Å². The second-order valence-corrected chi connectivity index (χ2v) is 7.69. The van der Waals surface area contributed by atoms with Crippen molar-refractivity contribution in [3.63, 3.8) is 0 Å². The third-order valence-electron chi connectivity index (χ3n) is 4.49. The number of rotatable bonds is 3. The number of sulfonamides is 1. The first kappa shape index (κ1) is 14.4. The molecule has 8 heteroatoms. The summed E-state index contributed by atoms with van der Waals surface area (Å²) in [7, 11) is -3.43. The summed E-state index contributed by atoms with van der Waals surface area (Å²) in [5.41, 5.74) is 2.12. The number of fused-ring (bicyclic) bond motifs is 1. The van der Waals surface area contributed by atoms with E-state index in [0.29, 0.717) is 19.0 Å². The van der Waals surface area contributed by atoms with E-state index in [1.165, 1.54) is 18.0 Å². The number of hydrogen-bond donors (Lipinski definition) is 2. The highest BCUT2D eigenvalue weighted by molar-refractivity contribution is 7.89. The molecule has 0 atom stereocenters. The molecule has 1 aliphatic rings. The Morgan fingerprint density at radius 3 is 2.78 bits per heavy atom. The molecule has 1 saturated heterocycles. The van der Waals surface area contributed by atoms with Gasteiger partial charge >= 0.3 is 0 Å². The second-order valence-electron chi connectivity index (χ2n) is 5.76. The highest BCUT2D eigenvalue weighted by Crippen LogP contribution is 2.34. The van der Waals surface area contributed by atoms with Crippen LogP contribution in [0.15, 0.2) is 41.8 Å². The van der Waals surface area contributed by atoms with Gasteiger partial charge in [-0.3, -0.25) is 5.10 Å². The number of H-pyrrole nitrogens is 2. The molecule has 4 rings (SSSR count). The molecule has 0 spiro atoms. The summed E-state index contributed by atoms with van der Waals surface area (Å²) in [4.78, 5) is 7.74. The van der Waals surface area contributed by atoms with Crippen LogP contribution in [0.4, 0.5) is 0 Å². The van der Waals surface area contributed by atoms with Crippen molar-refractivity contribution in [2.75, 3.05) is 13.1 Å². The van der Waals surface area contributed by atoms with Gasteiger partial charge < -0.3 is 4.98 Å². The van der Waals surface area contributed by atoms with E-state index in [1.54, 1.807) is 10.5 Å². The number of nitrogens with zero attached hydrogens (tertiary/aromatic N) is 3. The number of pyridine rings is 1. The molecular weight excluding hydrogens is 314 g/mol. The molecule has 4 heterocycles. The minimum absolute atomic E-state index is 0.229. The predicted octanol–water partition coefficient (Wildman–Crippen LogP) is 1.85. The number of piperidine rings is 1. The molecule has 0 radical (unpaired) electrons. The molecule has 0 unspecified atom stereocenters. The zero-order chi connectivity index (χ0) is 15.9. The van der Waals surface area contributed by atoms with Gasteiger partial charge in [-0.15, -0.1) is 0 Å². The van der Waals surface area contributed by atoms with Crippen molar-refractivity contribution in [1.82, 2.24) is 24.5 Å². The van der Waals surface area contributed by atoms with Gasteiger partial charge in [0.15, 0.2) is 0 Å². The van der Waals surface area contributed by atoms with Crippen LogP contribution in [0.1, 0.15) is 24.3 Å². The van der Waals surface area contributed by atoms with E-state index in [2.05, 4.69) is 26.2 Å². The lowest BCUT2D eigenvalue weighted by Gasteiger charge is -2.30. The molecule has 7 nitrogen and oxygen atoms in total. The van der Waals surface area contributed by atoms with Crippen molar-refractivity contribution in [2.24, 2.45) is 0 Å². The molecular formula is C15H17N5O2S. The summed E-state index contributed by atoms with van der Waals surface area (Å²) in [6, 6.07) is 3.99. The van der Waals surface area contributed by atoms with Crippen LogP contribution in [-0.2, 0) is 10.0 Å². The van der Waals surface area contributed by atoms with Crippen LogP contribution in [-0.4, -0.2) is 46.0 Å². The Labute approximate surface area is 133 Å². The average molecular weight is 331 g/mol. The summed E-state index contributed by atoms with van der Waals surface area (Å²) < 4.78 is 26.6. The molecule has 2 N–H and O–H groups in total. The highest BCUT2D eigenvalue weighted by Gasteiger charge is 2.31. The largest absolute Gasteiger partial charge is 0.346 e. The number of aromatic amines is 2. The minimum Gasteiger partial charge on any atom is -0.346 e. The van der Waals surface area contributed by atoms with Crippen LogP contribution < -0.4 is 0 Å². The van der Waals surface area contributed by atoms with E-state index < -0.39 is 10.0 Å². The third kappa shape index (κ3) is 2.43. The van der Waals surface area contributed by atoms with Gasteiger partial charge in [0, 0.05) is 37.1 Å². The first-order chi connectivity index (χ1) is 11.2. The smallest absolute Gasteiger partial charge is 0.246 e. The number of nitrogens with one attached hydrogen (secondary N) is 2. The predicted molar refractivity (Wildman–Crippen MR) is 85.4 cm³/mol. The molecule has 3 aromatic heterocycles. The van der Waals surface area contributed by atoms with Crippen LogP contribution >= 0.6 is 0 Å². The Balaban J connectivity index is 1.53. The van der Waals surface area contributed by atoms with Gasteiger partial charge in [-0.1, -0.05) is 0 Å². The zero-order valence-electron chi connectivity index (χ0n) is 12.4. The molecule has 120 valence electrons. The Hall–Kier alpha value is -2.19. The minimum atomic E-state index is -3.43. The van der Waals surface area contributed by atoms with Gasteiger partial charge in [0.25, 0.3) is 0 Å². The van der Waals surface area contributed by atoms with Crippen molar-refractivity contribution in [2.45, 2.75) is 23.7 Å². The topological polar surface area (TPSA) is 94.7 Å². The maximum Gasteiger partial charge on any atom is 0.246 e. The summed E-state index contributed by atoms with van der Waals surface area (Å²) in [5, 5.41) is 7.42. The van der Waals surface area contributed by atoms with Gasteiger partial charge in [-0.2, -0.15) is 9.40 Å². The fraction of sp³-hybridized carbons (Fsp3) is 0.333. The van der Waals surface area contributed by atoms with Crippen molar-refractivity contribution in [1.29, 1.82) is 0 Å². The first-order valence-corrected chi connectivity index (χ1v) is 9.01. The van der Waals surface area contributed by atoms with Gasteiger partial charge in [0.2, 0.25) is 10.0 Å². The molecule has 1 aliphatic heterocycles. The monoisotopic (exact) mass is 331 g/mol. The van der Waals surface area contributed by atoms with Crippen molar-refractivity contribution in [3.8, 4) is 0 Å². The summed E-state index contributed by atoms with van der Waals surface area (Å²) in [6.07, 6.45) is 8.16. The van der Waals surface area contributed by atoms with Gasteiger partial charge in [0.1, 0.15) is 10.5 Å². The lowest BCUT2D eigenvalue weighted by Crippen LogP contribution is -2.37. The first-order valence-electron chi connectivity index (χ1n) is 7.57. The van der Waals surface area contributed by atoms with E-state index in [9.17, 15) is 8.42 Å². The molecule has 0 bridgehead atoms. The molecule has 1 fully saturated rings. The third-order valence-corrected chi connectivity index (χ3v) is 6.35. The lowest BCUT2D eigenvalue weighted by atomic mass is 9.90. The molecule has 0 amide bonds. The Morgan fingerprint density at radius 2 is 2.04 bits per heavy atom. The van der Waals surface area contributed by atoms with Crippen LogP contribution in [0.25, 0.3) is 11.0 Å². The summed E-state index contributed by atoms with van der Waals surface area (Å²) >= 11 is 0. The van der Waals surface area contributed by atoms with Crippen LogP contribution in [0.5, 0.6) is 0 Å². The SMILES string of the molecule is O=S(=O)(c1cn[nH]c1)N1CCC(c2c[nH]c3ncccc23)CC1. The zero-order valence-corrected chi connectivity index (χ0v) is 13.3. The van der Waals surface area contributed by atoms with E-state index in [-0.39, 0.29) is 4.90 Å².